The van der Waals surface area contributed by atoms with E-state index in [0.29, 0.717) is 6.54 Å². The molecule has 0 amide bonds. The second kappa shape index (κ2) is 5.99. The summed E-state index contributed by atoms with van der Waals surface area (Å²) in [7, 11) is 0. The van der Waals surface area contributed by atoms with E-state index in [9.17, 15) is 5.11 Å². The molecule has 96 valence electrons. The number of rotatable bonds is 5. The maximum Gasteiger partial charge on any atom is 0.0771 e. The standard InChI is InChI=1S/C13H27NO2/c1-12(2,9-10-15)14-11-13(16)7-5-3-4-6-8-13/h14-16H,3-11H2,1-2H3. The third-order valence-corrected chi connectivity index (χ3v) is 3.67. The topological polar surface area (TPSA) is 52.5 Å². The van der Waals surface area contributed by atoms with Crippen LogP contribution in [0.25, 0.3) is 0 Å². The minimum atomic E-state index is -0.525. The Balaban J connectivity index is 2.39. The van der Waals surface area contributed by atoms with Crippen LogP contribution in [0.3, 0.4) is 0 Å². The van der Waals surface area contributed by atoms with Crippen LogP contribution in [0.4, 0.5) is 0 Å². The fourth-order valence-corrected chi connectivity index (χ4v) is 2.34. The van der Waals surface area contributed by atoms with Crippen LogP contribution >= 0.6 is 0 Å². The lowest BCUT2D eigenvalue weighted by Crippen LogP contribution is -2.49. The molecule has 3 N–H and O–H groups in total. The molecule has 1 fully saturated rings. The Kier molecular flexibility index (Phi) is 5.22. The van der Waals surface area contributed by atoms with Crippen molar-refractivity contribution >= 4 is 0 Å². The molecular formula is C13H27NO2. The molecule has 1 aliphatic rings. The summed E-state index contributed by atoms with van der Waals surface area (Å²) >= 11 is 0. The monoisotopic (exact) mass is 229 g/mol. The Bertz CT molecular complexity index is 196. The Morgan fingerprint density at radius 3 is 2.19 bits per heavy atom. The zero-order chi connectivity index (χ0) is 12.1. The number of aliphatic hydroxyl groups excluding tert-OH is 1. The molecule has 1 aliphatic carbocycles. The average Bonchev–Trinajstić information content (AvgIpc) is 2.41. The van der Waals surface area contributed by atoms with Crippen molar-refractivity contribution in [2.24, 2.45) is 0 Å². The molecule has 0 aromatic carbocycles. The first-order valence-corrected chi connectivity index (χ1v) is 6.56. The van der Waals surface area contributed by atoms with Crippen molar-refractivity contribution in [1.29, 1.82) is 0 Å². The first-order chi connectivity index (χ1) is 7.47. The van der Waals surface area contributed by atoms with E-state index in [1.807, 2.05) is 0 Å². The van der Waals surface area contributed by atoms with Crippen molar-refractivity contribution in [2.45, 2.75) is 69.9 Å². The molecule has 0 unspecified atom stereocenters. The minimum absolute atomic E-state index is 0.0865. The van der Waals surface area contributed by atoms with Crippen molar-refractivity contribution in [3.05, 3.63) is 0 Å². The van der Waals surface area contributed by atoms with Crippen LogP contribution < -0.4 is 5.32 Å². The molecular weight excluding hydrogens is 202 g/mol. The molecule has 0 aliphatic heterocycles. The van der Waals surface area contributed by atoms with Gasteiger partial charge in [0, 0.05) is 18.7 Å². The molecule has 1 saturated carbocycles. The Hall–Kier alpha value is -0.120. The number of hydrogen-bond donors (Lipinski definition) is 3. The minimum Gasteiger partial charge on any atom is -0.396 e. The molecule has 0 bridgehead atoms. The molecule has 16 heavy (non-hydrogen) atoms. The van der Waals surface area contributed by atoms with Gasteiger partial charge in [0.15, 0.2) is 0 Å². The lowest BCUT2D eigenvalue weighted by Gasteiger charge is -2.33. The largest absolute Gasteiger partial charge is 0.396 e. The van der Waals surface area contributed by atoms with Gasteiger partial charge >= 0.3 is 0 Å². The van der Waals surface area contributed by atoms with Gasteiger partial charge in [-0.25, -0.2) is 0 Å². The number of hydrogen-bond acceptors (Lipinski definition) is 3. The van der Waals surface area contributed by atoms with E-state index in [4.69, 9.17) is 5.11 Å². The summed E-state index contributed by atoms with van der Waals surface area (Å²) in [5.41, 5.74) is -0.611. The summed E-state index contributed by atoms with van der Waals surface area (Å²) in [6, 6.07) is 0. The van der Waals surface area contributed by atoms with E-state index in [1.165, 1.54) is 12.8 Å². The SMILES string of the molecule is CC(C)(CCO)NCC1(O)CCCCCC1. The van der Waals surface area contributed by atoms with Gasteiger partial charge in [0.2, 0.25) is 0 Å². The van der Waals surface area contributed by atoms with E-state index in [-0.39, 0.29) is 12.1 Å². The fraction of sp³-hybridized carbons (Fsp3) is 1.00. The molecule has 0 atom stereocenters. The van der Waals surface area contributed by atoms with Crippen molar-refractivity contribution in [3.8, 4) is 0 Å². The third-order valence-electron chi connectivity index (χ3n) is 3.67. The molecule has 0 heterocycles. The molecule has 3 heteroatoms. The van der Waals surface area contributed by atoms with Gasteiger partial charge < -0.3 is 15.5 Å². The summed E-state index contributed by atoms with van der Waals surface area (Å²) in [4.78, 5) is 0. The smallest absolute Gasteiger partial charge is 0.0771 e. The van der Waals surface area contributed by atoms with Crippen LogP contribution in [-0.2, 0) is 0 Å². The summed E-state index contributed by atoms with van der Waals surface area (Å²) in [5.74, 6) is 0. The normalized spacial score (nSPS) is 21.8. The number of aliphatic hydroxyl groups is 2. The van der Waals surface area contributed by atoms with Crippen LogP contribution in [0.2, 0.25) is 0 Å². The fourth-order valence-electron chi connectivity index (χ4n) is 2.34. The second-order valence-corrected chi connectivity index (χ2v) is 5.85. The average molecular weight is 229 g/mol. The molecule has 3 nitrogen and oxygen atoms in total. The third kappa shape index (κ3) is 4.81. The zero-order valence-corrected chi connectivity index (χ0v) is 10.8. The predicted molar refractivity (Wildman–Crippen MR) is 66.4 cm³/mol. The van der Waals surface area contributed by atoms with Crippen molar-refractivity contribution < 1.29 is 10.2 Å². The van der Waals surface area contributed by atoms with Gasteiger partial charge in [-0.3, -0.25) is 0 Å². The Morgan fingerprint density at radius 1 is 1.12 bits per heavy atom. The molecule has 0 aromatic rings. The highest BCUT2D eigenvalue weighted by Crippen LogP contribution is 2.27. The second-order valence-electron chi connectivity index (χ2n) is 5.85. The quantitative estimate of drug-likeness (QED) is 0.630. The van der Waals surface area contributed by atoms with E-state index in [0.717, 1.165) is 32.1 Å². The first-order valence-electron chi connectivity index (χ1n) is 6.56. The van der Waals surface area contributed by atoms with E-state index in [1.54, 1.807) is 0 Å². The highest BCUT2D eigenvalue weighted by Gasteiger charge is 2.29. The lowest BCUT2D eigenvalue weighted by atomic mass is 9.92. The van der Waals surface area contributed by atoms with Gasteiger partial charge in [0.05, 0.1) is 5.60 Å². The van der Waals surface area contributed by atoms with Gasteiger partial charge in [0.25, 0.3) is 0 Å². The highest BCUT2D eigenvalue weighted by molar-refractivity contribution is 4.87. The summed E-state index contributed by atoms with van der Waals surface area (Å²) in [5, 5.41) is 22.8. The Labute approximate surface area is 99.3 Å². The number of nitrogens with one attached hydrogen (secondary N) is 1. The van der Waals surface area contributed by atoms with Crippen LogP contribution in [0.1, 0.15) is 58.8 Å². The first kappa shape index (κ1) is 13.9. The summed E-state index contributed by atoms with van der Waals surface area (Å²) < 4.78 is 0. The van der Waals surface area contributed by atoms with Crippen LogP contribution in [0, 0.1) is 0 Å². The maximum atomic E-state index is 10.5. The molecule has 1 rings (SSSR count). The van der Waals surface area contributed by atoms with Gasteiger partial charge in [-0.05, 0) is 33.1 Å². The predicted octanol–water partition coefficient (Wildman–Crippen LogP) is 1.82. The van der Waals surface area contributed by atoms with Gasteiger partial charge in [0.1, 0.15) is 0 Å². The molecule has 0 spiro atoms. The lowest BCUT2D eigenvalue weighted by molar-refractivity contribution is 0.0175. The van der Waals surface area contributed by atoms with Crippen molar-refractivity contribution in [1.82, 2.24) is 5.32 Å². The van der Waals surface area contributed by atoms with Crippen molar-refractivity contribution in [2.75, 3.05) is 13.2 Å². The van der Waals surface area contributed by atoms with Gasteiger partial charge in [-0.1, -0.05) is 25.7 Å². The van der Waals surface area contributed by atoms with E-state index >= 15 is 0 Å². The highest BCUT2D eigenvalue weighted by atomic mass is 16.3. The molecule has 0 radical (unpaired) electrons. The number of β-amino-alcohol motifs (C(OH)–C–C–N with tert-alkyl or cyclic N) is 1. The van der Waals surface area contributed by atoms with Crippen LogP contribution in [0.5, 0.6) is 0 Å². The van der Waals surface area contributed by atoms with Crippen molar-refractivity contribution in [3.63, 3.8) is 0 Å². The van der Waals surface area contributed by atoms with Gasteiger partial charge in [-0.15, -0.1) is 0 Å². The summed E-state index contributed by atoms with van der Waals surface area (Å²) in [6.07, 6.45) is 7.33. The molecule has 0 aromatic heterocycles. The Morgan fingerprint density at radius 2 is 1.69 bits per heavy atom. The zero-order valence-electron chi connectivity index (χ0n) is 10.8. The van der Waals surface area contributed by atoms with Crippen LogP contribution in [0.15, 0.2) is 0 Å². The molecule has 0 saturated heterocycles. The summed E-state index contributed by atoms with van der Waals surface area (Å²) in [6.45, 7) is 4.99. The van der Waals surface area contributed by atoms with E-state index < -0.39 is 5.60 Å². The van der Waals surface area contributed by atoms with Crippen LogP contribution in [-0.4, -0.2) is 34.5 Å². The van der Waals surface area contributed by atoms with Gasteiger partial charge in [-0.2, -0.15) is 0 Å². The maximum absolute atomic E-state index is 10.5. The van der Waals surface area contributed by atoms with E-state index in [2.05, 4.69) is 19.2 Å².